The Morgan fingerprint density at radius 2 is 1.93 bits per heavy atom. The summed E-state index contributed by atoms with van der Waals surface area (Å²) in [7, 11) is 0. The normalized spacial score (nSPS) is 14.8. The lowest BCUT2D eigenvalue weighted by Gasteiger charge is -2.26. The van der Waals surface area contributed by atoms with Crippen LogP contribution in [0.3, 0.4) is 0 Å². The molecule has 28 heavy (non-hydrogen) atoms. The van der Waals surface area contributed by atoms with Crippen molar-refractivity contribution in [3.63, 3.8) is 0 Å². The quantitative estimate of drug-likeness (QED) is 0.711. The third kappa shape index (κ3) is 3.39. The van der Waals surface area contributed by atoms with Crippen LogP contribution >= 0.6 is 0 Å². The predicted octanol–water partition coefficient (Wildman–Crippen LogP) is 3.05. The smallest absolute Gasteiger partial charge is 0.275 e. The second-order valence-electron chi connectivity index (χ2n) is 6.82. The molecule has 3 aromatic rings. The van der Waals surface area contributed by atoms with Gasteiger partial charge in [-0.3, -0.25) is 9.59 Å². The molecule has 3 heterocycles. The number of hydrogen-bond acceptors (Lipinski definition) is 3. The summed E-state index contributed by atoms with van der Waals surface area (Å²) < 4.78 is 7.01. The van der Waals surface area contributed by atoms with Crippen molar-refractivity contribution < 1.29 is 9.53 Å². The number of nitrogens with one attached hydrogen (secondary N) is 1. The highest BCUT2D eigenvalue weighted by Crippen LogP contribution is 2.27. The van der Waals surface area contributed by atoms with Crippen molar-refractivity contribution in [3.8, 4) is 11.1 Å². The van der Waals surface area contributed by atoms with Gasteiger partial charge in [-0.1, -0.05) is 24.3 Å². The second-order valence-corrected chi connectivity index (χ2v) is 6.82. The highest BCUT2D eigenvalue weighted by molar-refractivity contribution is 5.97. The molecule has 6 heteroatoms. The van der Waals surface area contributed by atoms with Gasteiger partial charge in [-0.15, -0.1) is 0 Å². The molecule has 1 saturated heterocycles. The van der Waals surface area contributed by atoms with Gasteiger partial charge in [0.05, 0.1) is 13.2 Å². The molecule has 1 amide bonds. The molecule has 144 valence electrons. The lowest BCUT2D eigenvalue weighted by Crippen LogP contribution is -2.40. The summed E-state index contributed by atoms with van der Waals surface area (Å²) in [6.45, 7) is 4.88. The van der Waals surface area contributed by atoms with E-state index in [2.05, 4.69) is 4.98 Å². The Morgan fingerprint density at radius 3 is 2.64 bits per heavy atom. The van der Waals surface area contributed by atoms with Gasteiger partial charge in [0.25, 0.3) is 11.5 Å². The lowest BCUT2D eigenvalue weighted by molar-refractivity contribution is 0.0303. The van der Waals surface area contributed by atoms with E-state index in [0.29, 0.717) is 43.9 Å². The number of morpholine rings is 1. The molecular weight excluding hydrogens is 354 g/mol. The van der Waals surface area contributed by atoms with E-state index in [1.165, 1.54) is 0 Å². The van der Waals surface area contributed by atoms with E-state index in [0.717, 1.165) is 16.5 Å². The van der Waals surface area contributed by atoms with Crippen LogP contribution in [0.1, 0.15) is 17.3 Å². The van der Waals surface area contributed by atoms with Crippen LogP contribution in [0.15, 0.2) is 59.7 Å². The van der Waals surface area contributed by atoms with Crippen LogP contribution in [-0.2, 0) is 11.3 Å². The second kappa shape index (κ2) is 7.86. The van der Waals surface area contributed by atoms with Gasteiger partial charge < -0.3 is 19.2 Å². The van der Waals surface area contributed by atoms with Crippen molar-refractivity contribution >= 4 is 16.8 Å². The van der Waals surface area contributed by atoms with E-state index in [-0.39, 0.29) is 11.5 Å². The Labute approximate surface area is 163 Å². The van der Waals surface area contributed by atoms with E-state index < -0.39 is 0 Å². The van der Waals surface area contributed by atoms with Crippen molar-refractivity contribution in [2.75, 3.05) is 26.3 Å². The molecule has 0 saturated carbocycles. The van der Waals surface area contributed by atoms with Crippen LogP contribution in [0.2, 0.25) is 0 Å². The molecule has 4 rings (SSSR count). The molecule has 1 aromatic carbocycles. The average molecular weight is 377 g/mol. The number of H-pyrrole nitrogens is 1. The van der Waals surface area contributed by atoms with Crippen LogP contribution in [0.5, 0.6) is 0 Å². The number of carbonyl (C=O) groups excluding carboxylic acids is 1. The Hall–Kier alpha value is -3.12. The van der Waals surface area contributed by atoms with E-state index in [1.54, 1.807) is 10.8 Å². The molecule has 6 nitrogen and oxygen atoms in total. The summed E-state index contributed by atoms with van der Waals surface area (Å²) in [6.07, 6.45) is 7.55. The van der Waals surface area contributed by atoms with Crippen molar-refractivity contribution in [3.05, 3.63) is 70.8 Å². The van der Waals surface area contributed by atoms with Gasteiger partial charge in [0.1, 0.15) is 5.52 Å². The number of amides is 1. The monoisotopic (exact) mass is 377 g/mol. The maximum atomic E-state index is 12.6. The van der Waals surface area contributed by atoms with E-state index >= 15 is 0 Å². The molecule has 0 unspecified atom stereocenters. The first kappa shape index (κ1) is 18.3. The van der Waals surface area contributed by atoms with Crippen LogP contribution < -0.4 is 5.56 Å². The molecule has 0 radical (unpaired) electrons. The molecule has 1 aliphatic rings. The maximum Gasteiger partial charge on any atom is 0.275 e. The predicted molar refractivity (Wildman–Crippen MR) is 110 cm³/mol. The molecule has 1 aliphatic heterocycles. The van der Waals surface area contributed by atoms with Crippen LogP contribution in [0.25, 0.3) is 22.0 Å². The Morgan fingerprint density at radius 1 is 1.18 bits per heavy atom. The molecule has 1 N–H and O–H groups in total. The summed E-state index contributed by atoms with van der Waals surface area (Å²) in [5.41, 5.74) is 3.15. The SMILES string of the molecule is C/C=C/Cn1cc(-c2ccc(C(=O)N3CCOCC3)cc2)c2cc[nH]c2c1=O. The standard InChI is InChI=1S/C22H23N3O3/c1-2-3-10-25-15-19(18-8-9-23-20(18)22(25)27)16-4-6-17(7-5-16)21(26)24-11-13-28-14-12-24/h2-9,15,23H,10-14H2,1H3/b3-2+. The lowest BCUT2D eigenvalue weighted by atomic mass is 10.0. The number of ether oxygens (including phenoxy) is 1. The van der Waals surface area contributed by atoms with Crippen LogP contribution in [0, 0.1) is 0 Å². The summed E-state index contributed by atoms with van der Waals surface area (Å²) >= 11 is 0. The van der Waals surface area contributed by atoms with Gasteiger partial charge >= 0.3 is 0 Å². The number of nitrogens with zero attached hydrogens (tertiary/aromatic N) is 2. The van der Waals surface area contributed by atoms with Crippen molar-refractivity contribution in [1.82, 2.24) is 14.5 Å². The number of fused-ring (bicyclic) bond motifs is 1. The Bertz CT molecular complexity index is 1070. The van der Waals surface area contributed by atoms with Crippen molar-refractivity contribution in [2.45, 2.75) is 13.5 Å². The molecule has 0 aliphatic carbocycles. The van der Waals surface area contributed by atoms with Crippen LogP contribution in [0.4, 0.5) is 0 Å². The number of aromatic amines is 1. The molecular formula is C22H23N3O3. The highest BCUT2D eigenvalue weighted by Gasteiger charge is 2.19. The van der Waals surface area contributed by atoms with Gasteiger partial charge in [0.2, 0.25) is 0 Å². The largest absolute Gasteiger partial charge is 0.378 e. The Kier molecular flexibility index (Phi) is 5.12. The molecule has 1 fully saturated rings. The molecule has 0 atom stereocenters. The van der Waals surface area contributed by atoms with E-state index in [9.17, 15) is 9.59 Å². The zero-order valence-corrected chi connectivity index (χ0v) is 15.9. The summed E-state index contributed by atoms with van der Waals surface area (Å²) in [5, 5.41) is 0.883. The fraction of sp³-hybridized carbons (Fsp3) is 0.273. The summed E-state index contributed by atoms with van der Waals surface area (Å²) in [6, 6.07) is 9.51. The first-order valence-corrected chi connectivity index (χ1v) is 9.48. The number of benzene rings is 1. The van der Waals surface area contributed by atoms with Crippen molar-refractivity contribution in [1.29, 1.82) is 0 Å². The fourth-order valence-corrected chi connectivity index (χ4v) is 3.52. The number of pyridine rings is 1. The van der Waals surface area contributed by atoms with Gasteiger partial charge in [0.15, 0.2) is 0 Å². The van der Waals surface area contributed by atoms with E-state index in [1.807, 2.05) is 60.5 Å². The highest BCUT2D eigenvalue weighted by atomic mass is 16.5. The minimum absolute atomic E-state index is 0.0275. The number of carbonyl (C=O) groups is 1. The van der Waals surface area contributed by atoms with Gasteiger partial charge in [-0.2, -0.15) is 0 Å². The zero-order valence-electron chi connectivity index (χ0n) is 15.9. The van der Waals surface area contributed by atoms with Gasteiger partial charge in [-0.25, -0.2) is 0 Å². The number of rotatable bonds is 4. The minimum Gasteiger partial charge on any atom is -0.378 e. The molecule has 0 bridgehead atoms. The fourth-order valence-electron chi connectivity index (χ4n) is 3.52. The first-order valence-electron chi connectivity index (χ1n) is 9.48. The third-order valence-corrected chi connectivity index (χ3v) is 5.08. The van der Waals surface area contributed by atoms with E-state index in [4.69, 9.17) is 4.74 Å². The topological polar surface area (TPSA) is 67.3 Å². The molecule has 0 spiro atoms. The minimum atomic E-state index is -0.0408. The first-order chi connectivity index (χ1) is 13.7. The van der Waals surface area contributed by atoms with Gasteiger partial charge in [-0.05, 0) is 30.7 Å². The third-order valence-electron chi connectivity index (χ3n) is 5.08. The Balaban J connectivity index is 1.70. The number of hydrogen-bond donors (Lipinski definition) is 1. The van der Waals surface area contributed by atoms with Crippen molar-refractivity contribution in [2.24, 2.45) is 0 Å². The summed E-state index contributed by atoms with van der Waals surface area (Å²) in [5.74, 6) is 0.0275. The number of allylic oxidation sites excluding steroid dienone is 2. The zero-order chi connectivity index (χ0) is 19.5. The summed E-state index contributed by atoms with van der Waals surface area (Å²) in [4.78, 5) is 30.2. The maximum absolute atomic E-state index is 12.6. The van der Waals surface area contributed by atoms with Crippen LogP contribution in [-0.4, -0.2) is 46.7 Å². The van der Waals surface area contributed by atoms with Gasteiger partial charge in [0, 0.05) is 48.5 Å². The molecule has 2 aromatic heterocycles. The number of aromatic nitrogens is 2. The average Bonchev–Trinajstić information content (AvgIpc) is 3.24.